The number of nitrogens with two attached hydrogens (primary N) is 1. The van der Waals surface area contributed by atoms with E-state index in [9.17, 15) is 18.0 Å². The number of alkyl halides is 3. The number of hydrogen-bond donors (Lipinski definition) is 2. The maximum absolute atomic E-state index is 13.1. The molecule has 0 saturated carbocycles. The highest BCUT2D eigenvalue weighted by Crippen LogP contribution is 2.34. The summed E-state index contributed by atoms with van der Waals surface area (Å²) < 4.78 is 41.2. The molecule has 134 valence electrons. The lowest BCUT2D eigenvalue weighted by molar-refractivity contribution is -0.138. The molecule has 1 aliphatic heterocycles. The van der Waals surface area contributed by atoms with E-state index in [1.165, 1.54) is 18.2 Å². The number of aromatic nitrogens is 2. The number of nitrogens with one attached hydrogen (secondary N) is 1. The normalized spacial score (nSPS) is 18.5. The van der Waals surface area contributed by atoms with E-state index in [-0.39, 0.29) is 11.6 Å². The number of imidazole rings is 1. The van der Waals surface area contributed by atoms with Crippen molar-refractivity contribution in [2.45, 2.75) is 37.5 Å². The molecule has 2 heterocycles. The highest BCUT2D eigenvalue weighted by Gasteiger charge is 2.35. The Kier molecular flexibility index (Phi) is 4.80. The summed E-state index contributed by atoms with van der Waals surface area (Å²) in [7, 11) is 0. The first-order valence-corrected chi connectivity index (χ1v) is 8.09. The molecule has 1 aromatic heterocycles. The van der Waals surface area contributed by atoms with E-state index < -0.39 is 23.7 Å². The zero-order valence-electron chi connectivity index (χ0n) is 13.5. The molecule has 5 nitrogen and oxygen atoms in total. The molecule has 0 fully saturated rings. The summed E-state index contributed by atoms with van der Waals surface area (Å²) in [6.45, 7) is 0.310. The summed E-state index contributed by atoms with van der Waals surface area (Å²) in [6, 6.07) is 3.56. The van der Waals surface area contributed by atoms with E-state index in [0.717, 1.165) is 31.2 Å². The van der Waals surface area contributed by atoms with Crippen LogP contribution in [0.25, 0.3) is 0 Å². The zero-order valence-corrected chi connectivity index (χ0v) is 13.5. The number of carbonyl (C=O) groups excluding carboxylic acids is 1. The van der Waals surface area contributed by atoms with Crippen molar-refractivity contribution in [1.29, 1.82) is 0 Å². The maximum atomic E-state index is 13.1. The number of hydrogen-bond acceptors (Lipinski definition) is 3. The number of rotatable bonds is 4. The maximum Gasteiger partial charge on any atom is 0.416 e. The lowest BCUT2D eigenvalue weighted by Gasteiger charge is -2.26. The molecule has 2 aromatic rings. The molecule has 0 radical (unpaired) electrons. The topological polar surface area (TPSA) is 72.9 Å². The van der Waals surface area contributed by atoms with Crippen molar-refractivity contribution >= 4 is 5.91 Å². The van der Waals surface area contributed by atoms with Crippen molar-refractivity contribution in [2.75, 3.05) is 6.54 Å². The highest BCUT2D eigenvalue weighted by atomic mass is 19.4. The van der Waals surface area contributed by atoms with Crippen molar-refractivity contribution < 1.29 is 18.0 Å². The summed E-state index contributed by atoms with van der Waals surface area (Å²) in [4.78, 5) is 16.5. The SMILES string of the molecule is NC(C(=O)NCC1CCCc2nccn21)c1ccccc1C(F)(F)F. The number of benzene rings is 1. The van der Waals surface area contributed by atoms with Gasteiger partial charge in [0.25, 0.3) is 0 Å². The van der Waals surface area contributed by atoms with Gasteiger partial charge in [0.15, 0.2) is 0 Å². The largest absolute Gasteiger partial charge is 0.416 e. The fourth-order valence-electron chi connectivity index (χ4n) is 3.20. The van der Waals surface area contributed by atoms with E-state index in [2.05, 4.69) is 10.3 Å². The minimum absolute atomic E-state index is 0.0419. The van der Waals surface area contributed by atoms with Crippen LogP contribution in [0, 0.1) is 0 Å². The van der Waals surface area contributed by atoms with Crippen LogP contribution >= 0.6 is 0 Å². The molecule has 1 amide bonds. The van der Waals surface area contributed by atoms with E-state index in [0.29, 0.717) is 6.54 Å². The molecule has 1 aliphatic rings. The third-order valence-corrected chi connectivity index (χ3v) is 4.48. The third-order valence-electron chi connectivity index (χ3n) is 4.48. The van der Waals surface area contributed by atoms with Gasteiger partial charge in [0.1, 0.15) is 11.9 Å². The van der Waals surface area contributed by atoms with Crippen LogP contribution < -0.4 is 11.1 Å². The van der Waals surface area contributed by atoms with Crippen LogP contribution in [0.5, 0.6) is 0 Å². The second-order valence-corrected chi connectivity index (χ2v) is 6.10. The Morgan fingerprint density at radius 2 is 2.16 bits per heavy atom. The lowest BCUT2D eigenvalue weighted by atomic mass is 9.99. The smallest absolute Gasteiger partial charge is 0.352 e. The monoisotopic (exact) mass is 352 g/mol. The van der Waals surface area contributed by atoms with Gasteiger partial charge in [0, 0.05) is 25.4 Å². The number of aryl methyl sites for hydroxylation is 1. The Hall–Kier alpha value is -2.35. The fraction of sp³-hybridized carbons (Fsp3) is 0.412. The number of nitrogens with zero attached hydrogens (tertiary/aromatic N) is 2. The fourth-order valence-corrected chi connectivity index (χ4v) is 3.20. The van der Waals surface area contributed by atoms with Crippen LogP contribution in [-0.2, 0) is 17.4 Å². The lowest BCUT2D eigenvalue weighted by Crippen LogP contribution is -2.39. The first-order valence-electron chi connectivity index (χ1n) is 8.09. The van der Waals surface area contributed by atoms with Gasteiger partial charge in [0.2, 0.25) is 5.91 Å². The first kappa shape index (κ1) is 17.5. The molecule has 8 heteroatoms. The summed E-state index contributed by atoms with van der Waals surface area (Å²) >= 11 is 0. The predicted molar refractivity (Wildman–Crippen MR) is 85.6 cm³/mol. The average molecular weight is 352 g/mol. The van der Waals surface area contributed by atoms with Crippen LogP contribution in [0.2, 0.25) is 0 Å². The molecule has 25 heavy (non-hydrogen) atoms. The molecular weight excluding hydrogens is 333 g/mol. The average Bonchev–Trinajstić information content (AvgIpc) is 3.07. The van der Waals surface area contributed by atoms with Crippen molar-refractivity contribution in [2.24, 2.45) is 5.73 Å². The molecule has 0 aliphatic carbocycles. The third kappa shape index (κ3) is 3.68. The first-order chi connectivity index (χ1) is 11.9. The number of carbonyl (C=O) groups is 1. The number of halogens is 3. The second-order valence-electron chi connectivity index (χ2n) is 6.10. The summed E-state index contributed by atoms with van der Waals surface area (Å²) in [5, 5.41) is 2.68. The van der Waals surface area contributed by atoms with Gasteiger partial charge in [-0.1, -0.05) is 18.2 Å². The molecule has 2 atom stereocenters. The van der Waals surface area contributed by atoms with Crippen LogP contribution in [0.4, 0.5) is 13.2 Å². The van der Waals surface area contributed by atoms with Crippen molar-refractivity contribution in [3.05, 3.63) is 53.6 Å². The molecular formula is C17H19F3N4O. The van der Waals surface area contributed by atoms with E-state index in [1.54, 1.807) is 6.20 Å². The van der Waals surface area contributed by atoms with Crippen molar-refractivity contribution in [3.63, 3.8) is 0 Å². The second kappa shape index (κ2) is 6.87. The van der Waals surface area contributed by atoms with Gasteiger partial charge in [-0.05, 0) is 24.5 Å². The standard InChI is InChI=1S/C17H19F3N4O/c18-17(19,20)13-6-2-1-5-12(13)15(21)16(25)23-10-11-4-3-7-14-22-8-9-24(11)14/h1-2,5-6,8-9,11,15H,3-4,7,10,21H2,(H,23,25). The Morgan fingerprint density at radius 3 is 2.92 bits per heavy atom. The minimum Gasteiger partial charge on any atom is -0.352 e. The Balaban J connectivity index is 1.69. The molecule has 3 N–H and O–H groups in total. The van der Waals surface area contributed by atoms with Gasteiger partial charge in [-0.25, -0.2) is 4.98 Å². The Labute approximate surface area is 143 Å². The van der Waals surface area contributed by atoms with Crippen LogP contribution in [-0.4, -0.2) is 22.0 Å². The molecule has 0 bridgehead atoms. The van der Waals surface area contributed by atoms with Crippen LogP contribution in [0.3, 0.4) is 0 Å². The molecule has 0 saturated heterocycles. The summed E-state index contributed by atoms with van der Waals surface area (Å²) in [6.07, 6.45) is 1.73. The van der Waals surface area contributed by atoms with Crippen LogP contribution in [0.1, 0.15) is 41.9 Å². The summed E-state index contributed by atoms with van der Waals surface area (Å²) in [5.41, 5.74) is 4.69. The Bertz CT molecular complexity index is 756. The van der Waals surface area contributed by atoms with Gasteiger partial charge in [-0.15, -0.1) is 0 Å². The quantitative estimate of drug-likeness (QED) is 0.888. The minimum atomic E-state index is -4.55. The van der Waals surface area contributed by atoms with Gasteiger partial charge in [-0.3, -0.25) is 4.79 Å². The van der Waals surface area contributed by atoms with Crippen LogP contribution in [0.15, 0.2) is 36.7 Å². The summed E-state index contributed by atoms with van der Waals surface area (Å²) in [5.74, 6) is 0.334. The van der Waals surface area contributed by atoms with E-state index >= 15 is 0 Å². The molecule has 0 spiro atoms. The predicted octanol–water partition coefficient (Wildman–Crippen LogP) is 2.60. The molecule has 1 aromatic carbocycles. The van der Waals surface area contributed by atoms with Gasteiger partial charge < -0.3 is 15.6 Å². The zero-order chi connectivity index (χ0) is 18.0. The highest BCUT2D eigenvalue weighted by molar-refractivity contribution is 5.83. The number of amides is 1. The van der Waals surface area contributed by atoms with E-state index in [4.69, 9.17) is 5.73 Å². The van der Waals surface area contributed by atoms with Gasteiger partial charge >= 0.3 is 6.18 Å². The van der Waals surface area contributed by atoms with Crippen molar-refractivity contribution in [1.82, 2.24) is 14.9 Å². The van der Waals surface area contributed by atoms with E-state index in [1.807, 2.05) is 10.8 Å². The molecule has 3 rings (SSSR count). The van der Waals surface area contributed by atoms with Gasteiger partial charge in [-0.2, -0.15) is 13.2 Å². The van der Waals surface area contributed by atoms with Gasteiger partial charge in [0.05, 0.1) is 11.6 Å². The Morgan fingerprint density at radius 1 is 1.40 bits per heavy atom. The molecule has 2 unspecified atom stereocenters. The number of fused-ring (bicyclic) bond motifs is 1. The van der Waals surface area contributed by atoms with Crippen molar-refractivity contribution in [3.8, 4) is 0 Å².